The number of furan rings is 2. The van der Waals surface area contributed by atoms with Gasteiger partial charge in [-0.05, 0) is 166 Å². The first-order valence-electron chi connectivity index (χ1n) is 26.2. The number of rotatable bonds is 6. The van der Waals surface area contributed by atoms with Crippen molar-refractivity contribution < 1.29 is 8.83 Å². The standard InChI is InChI=1S/C68H53BN2O2/c1-7-67(3,4)40-28-34-60-56(36-40)62-65(72-60)70(42-30-32-52-48-22-11-9-18-44(48)46-20-13-15-24-50(46)54(52)38-42)58-26-17-27-59-64(58)69(62)63-57-37-41(68(5,6)8-2)29-35-61(57)73-66(63)71(59)43-31-33-53-49-23-12-10-19-45(49)47-21-14-16-25-51(47)55(53)39-43/h9-39H,7-8H2,1-6H3. The van der Waals surface area contributed by atoms with Crippen LogP contribution in [-0.2, 0) is 10.8 Å². The Kier molecular flexibility index (Phi) is 8.79. The maximum absolute atomic E-state index is 7.40. The Hall–Kier alpha value is -8.28. The van der Waals surface area contributed by atoms with E-state index in [1.165, 1.54) is 92.2 Å². The summed E-state index contributed by atoms with van der Waals surface area (Å²) in [5.74, 6) is 1.70. The van der Waals surface area contributed by atoms with Crippen LogP contribution in [0.4, 0.5) is 34.5 Å². The van der Waals surface area contributed by atoms with Crippen molar-refractivity contribution in [2.45, 2.75) is 65.2 Å². The monoisotopic (exact) mass is 940 g/mol. The van der Waals surface area contributed by atoms with Crippen LogP contribution in [0.2, 0.25) is 0 Å². The summed E-state index contributed by atoms with van der Waals surface area (Å²) in [4.78, 5) is 4.85. The smallest absolute Gasteiger partial charge is 0.262 e. The highest BCUT2D eigenvalue weighted by atomic mass is 16.4. The van der Waals surface area contributed by atoms with Crippen LogP contribution in [0.15, 0.2) is 197 Å². The Morgan fingerprint density at radius 3 is 1.04 bits per heavy atom. The molecule has 15 rings (SSSR count). The summed E-state index contributed by atoms with van der Waals surface area (Å²) in [5, 5.41) is 17.2. The van der Waals surface area contributed by atoms with Crippen LogP contribution >= 0.6 is 0 Å². The molecular formula is C68H53BN2O2. The zero-order valence-electron chi connectivity index (χ0n) is 42.1. The molecule has 0 amide bonds. The summed E-state index contributed by atoms with van der Waals surface area (Å²) in [6, 6.07) is 70.2. The zero-order valence-corrected chi connectivity index (χ0v) is 42.1. The largest absolute Gasteiger partial charge is 0.440 e. The van der Waals surface area contributed by atoms with E-state index in [2.05, 4.69) is 239 Å². The highest BCUT2D eigenvalue weighted by Crippen LogP contribution is 2.50. The zero-order chi connectivity index (χ0) is 49.1. The number of fused-ring (bicyclic) bond motifs is 20. The molecule has 4 nitrogen and oxygen atoms in total. The molecule has 11 aromatic carbocycles. The van der Waals surface area contributed by atoms with Crippen LogP contribution in [-0.4, -0.2) is 6.71 Å². The third-order valence-corrected chi connectivity index (χ3v) is 17.5. The van der Waals surface area contributed by atoms with Crippen molar-refractivity contribution in [3.8, 4) is 0 Å². The van der Waals surface area contributed by atoms with Gasteiger partial charge >= 0.3 is 0 Å². The van der Waals surface area contributed by atoms with Crippen molar-refractivity contribution in [1.82, 2.24) is 0 Å². The predicted molar refractivity (Wildman–Crippen MR) is 312 cm³/mol. The lowest BCUT2D eigenvalue weighted by Gasteiger charge is -2.40. The van der Waals surface area contributed by atoms with Gasteiger partial charge in [-0.1, -0.05) is 169 Å². The van der Waals surface area contributed by atoms with Gasteiger partial charge in [-0.2, -0.15) is 0 Å². The second-order valence-corrected chi connectivity index (χ2v) is 22.0. The topological polar surface area (TPSA) is 32.8 Å². The number of hydrogen-bond donors (Lipinski definition) is 0. The molecule has 13 aromatic rings. The van der Waals surface area contributed by atoms with E-state index < -0.39 is 0 Å². The Bertz CT molecular complexity index is 4160. The molecular weight excluding hydrogens is 888 g/mol. The molecule has 0 saturated heterocycles. The van der Waals surface area contributed by atoms with Gasteiger partial charge in [0.25, 0.3) is 6.71 Å². The van der Waals surface area contributed by atoms with Crippen molar-refractivity contribution >= 4 is 144 Å². The lowest BCUT2D eigenvalue weighted by molar-refractivity contribution is 0.506. The highest BCUT2D eigenvalue weighted by Gasteiger charge is 2.49. The normalized spacial score (nSPS) is 13.6. The van der Waals surface area contributed by atoms with Crippen LogP contribution in [0, 0.1) is 0 Å². The maximum atomic E-state index is 7.40. The average Bonchev–Trinajstić information content (AvgIpc) is 4.02. The number of anilines is 6. The first-order valence-corrected chi connectivity index (χ1v) is 26.2. The summed E-state index contributed by atoms with van der Waals surface area (Å²) >= 11 is 0. The Labute approximate surface area is 425 Å². The average molecular weight is 941 g/mol. The molecule has 0 N–H and O–H groups in total. The molecule has 0 atom stereocenters. The molecule has 2 aliphatic heterocycles. The fraction of sp³-hybridized carbons (Fsp3) is 0.147. The van der Waals surface area contributed by atoms with E-state index in [1.807, 2.05) is 0 Å². The van der Waals surface area contributed by atoms with E-state index in [9.17, 15) is 0 Å². The lowest BCUT2D eigenvalue weighted by Crippen LogP contribution is -2.60. The van der Waals surface area contributed by atoms with Gasteiger partial charge in [-0.3, -0.25) is 9.80 Å². The summed E-state index contributed by atoms with van der Waals surface area (Å²) in [6.07, 6.45) is 2.03. The SMILES string of the molecule is CCC(C)(C)c1ccc2oc3c(c2c1)B1c2c(cccc2N(c2ccc4c5ccccc5c5ccccc5c4c2)c2oc4ccc(C(C)(C)CC)cc4c21)N3c1ccc2c3ccccc3c3ccccc3c2c1. The number of nitrogens with zero attached hydrogens (tertiary/aromatic N) is 2. The van der Waals surface area contributed by atoms with Crippen molar-refractivity contribution in [3.05, 3.63) is 199 Å². The lowest BCUT2D eigenvalue weighted by atomic mass is 9.33. The van der Waals surface area contributed by atoms with Crippen LogP contribution < -0.4 is 26.2 Å². The molecule has 350 valence electrons. The second kappa shape index (κ2) is 15.1. The second-order valence-electron chi connectivity index (χ2n) is 22.0. The predicted octanol–water partition coefficient (Wildman–Crippen LogP) is 17.6. The summed E-state index contributed by atoms with van der Waals surface area (Å²) in [7, 11) is 0. The van der Waals surface area contributed by atoms with E-state index in [1.54, 1.807) is 0 Å². The van der Waals surface area contributed by atoms with E-state index in [-0.39, 0.29) is 17.5 Å². The van der Waals surface area contributed by atoms with Gasteiger partial charge in [-0.15, -0.1) is 0 Å². The van der Waals surface area contributed by atoms with Crippen LogP contribution in [0.25, 0.3) is 86.6 Å². The third-order valence-electron chi connectivity index (χ3n) is 17.5. The van der Waals surface area contributed by atoms with Crippen molar-refractivity contribution in [1.29, 1.82) is 0 Å². The minimum absolute atomic E-state index is 0.0407. The van der Waals surface area contributed by atoms with E-state index in [4.69, 9.17) is 8.83 Å². The number of hydrogen-bond acceptors (Lipinski definition) is 4. The molecule has 0 aliphatic carbocycles. The highest BCUT2D eigenvalue weighted by molar-refractivity contribution is 7.02. The van der Waals surface area contributed by atoms with Crippen molar-refractivity contribution in [2.75, 3.05) is 9.80 Å². The number of benzene rings is 11. The van der Waals surface area contributed by atoms with Gasteiger partial charge in [0.15, 0.2) is 0 Å². The quantitative estimate of drug-likeness (QED) is 0.123. The van der Waals surface area contributed by atoms with Crippen LogP contribution in [0.3, 0.4) is 0 Å². The third kappa shape index (κ3) is 5.85. The fourth-order valence-corrected chi connectivity index (χ4v) is 12.8. The van der Waals surface area contributed by atoms with E-state index in [0.29, 0.717) is 0 Å². The van der Waals surface area contributed by atoms with Gasteiger partial charge < -0.3 is 8.83 Å². The van der Waals surface area contributed by atoms with Gasteiger partial charge in [0, 0.05) is 44.4 Å². The Balaban J connectivity index is 1.07. The minimum atomic E-state index is -0.207. The van der Waals surface area contributed by atoms with Gasteiger partial charge in [0.1, 0.15) is 11.2 Å². The molecule has 0 unspecified atom stereocenters. The molecule has 0 spiro atoms. The molecule has 4 heterocycles. The van der Waals surface area contributed by atoms with E-state index >= 15 is 0 Å². The van der Waals surface area contributed by atoms with Crippen molar-refractivity contribution in [2.24, 2.45) is 0 Å². The molecule has 2 aromatic heterocycles. The van der Waals surface area contributed by atoms with Gasteiger partial charge in [0.2, 0.25) is 11.8 Å². The summed E-state index contributed by atoms with van der Waals surface area (Å²) < 4.78 is 14.8. The molecule has 0 saturated carbocycles. The van der Waals surface area contributed by atoms with Crippen LogP contribution in [0.5, 0.6) is 0 Å². The molecule has 73 heavy (non-hydrogen) atoms. The molecule has 0 fully saturated rings. The summed E-state index contributed by atoms with van der Waals surface area (Å²) in [5.41, 5.74) is 12.2. The van der Waals surface area contributed by atoms with Crippen molar-refractivity contribution in [3.63, 3.8) is 0 Å². The van der Waals surface area contributed by atoms with Gasteiger partial charge in [0.05, 0.1) is 0 Å². The molecule has 0 bridgehead atoms. The molecule has 5 heteroatoms. The van der Waals surface area contributed by atoms with E-state index in [0.717, 1.165) is 69.3 Å². The molecule has 0 radical (unpaired) electrons. The Morgan fingerprint density at radius 1 is 0.342 bits per heavy atom. The fourth-order valence-electron chi connectivity index (χ4n) is 12.8. The van der Waals surface area contributed by atoms with Crippen LogP contribution in [0.1, 0.15) is 65.5 Å². The summed E-state index contributed by atoms with van der Waals surface area (Å²) in [6.45, 7) is 13.8. The Morgan fingerprint density at radius 2 is 0.685 bits per heavy atom. The first kappa shape index (κ1) is 42.4. The minimum Gasteiger partial charge on any atom is -0.440 e. The first-order chi connectivity index (χ1) is 35.6. The molecule has 2 aliphatic rings. The van der Waals surface area contributed by atoms with Gasteiger partial charge in [-0.25, -0.2) is 0 Å². The maximum Gasteiger partial charge on any atom is 0.262 e.